The minimum absolute atomic E-state index is 0.452. The van der Waals surface area contributed by atoms with E-state index in [1.165, 1.54) is 0 Å². The van der Waals surface area contributed by atoms with Crippen molar-refractivity contribution in [3.63, 3.8) is 0 Å². The first-order chi connectivity index (χ1) is 13.5. The monoisotopic (exact) mass is 387 g/mol. The third kappa shape index (κ3) is 4.48. The number of hydrogen-bond donors (Lipinski definition) is 4. The predicted molar refractivity (Wildman–Crippen MR) is 96.2 cm³/mol. The number of hydrogen-bond acceptors (Lipinski definition) is 8. The van der Waals surface area contributed by atoms with Gasteiger partial charge < -0.3 is 34.6 Å². The second-order valence-electron chi connectivity index (χ2n) is 6.33. The minimum atomic E-state index is -1.59. The molecule has 2 unspecified atom stereocenters. The fraction of sp³-hybridized carbons (Fsp3) is 0.350. The summed E-state index contributed by atoms with van der Waals surface area (Å²) in [6.07, 6.45) is -8.32. The van der Waals surface area contributed by atoms with Crippen molar-refractivity contribution in [3.8, 4) is 17.6 Å². The molecule has 0 aromatic heterocycles. The van der Waals surface area contributed by atoms with Crippen LogP contribution in [0, 0.1) is 11.3 Å². The van der Waals surface area contributed by atoms with E-state index in [1.807, 2.05) is 24.3 Å². The van der Waals surface area contributed by atoms with Gasteiger partial charge in [0.1, 0.15) is 35.9 Å². The summed E-state index contributed by atoms with van der Waals surface area (Å²) in [6, 6.07) is 17.7. The number of aliphatic hydroxyl groups excluding tert-OH is 4. The Morgan fingerprint density at radius 1 is 0.964 bits per heavy atom. The Kier molecular flexibility index (Phi) is 6.59. The molecule has 0 saturated carbocycles. The number of aliphatic hydroxyl groups is 4. The van der Waals surface area contributed by atoms with E-state index in [2.05, 4.69) is 0 Å². The first kappa shape index (κ1) is 20.2. The summed E-state index contributed by atoms with van der Waals surface area (Å²) >= 11 is 0. The van der Waals surface area contributed by atoms with Crippen LogP contribution in [0.4, 0.5) is 0 Å². The van der Waals surface area contributed by atoms with E-state index in [4.69, 9.17) is 14.2 Å². The van der Waals surface area contributed by atoms with Crippen molar-refractivity contribution in [2.45, 2.75) is 36.8 Å². The lowest BCUT2D eigenvalue weighted by Crippen LogP contribution is -2.59. The van der Waals surface area contributed by atoms with Gasteiger partial charge in [0.05, 0.1) is 12.7 Å². The van der Waals surface area contributed by atoms with Crippen molar-refractivity contribution in [1.82, 2.24) is 0 Å². The number of nitrogens with zero attached hydrogens (tertiary/aromatic N) is 1. The molecule has 1 saturated heterocycles. The largest absolute Gasteiger partial charge is 0.457 e. The quantitative estimate of drug-likeness (QED) is 0.574. The summed E-state index contributed by atoms with van der Waals surface area (Å²) in [5.74, 6) is 1.12. The second-order valence-corrected chi connectivity index (χ2v) is 6.33. The third-order valence-electron chi connectivity index (χ3n) is 4.38. The van der Waals surface area contributed by atoms with E-state index in [1.54, 1.807) is 36.4 Å². The van der Waals surface area contributed by atoms with Gasteiger partial charge in [0.15, 0.2) is 12.4 Å². The van der Waals surface area contributed by atoms with Crippen molar-refractivity contribution in [2.75, 3.05) is 6.61 Å². The highest BCUT2D eigenvalue weighted by atomic mass is 16.7. The molecule has 3 rings (SSSR count). The Labute approximate surface area is 161 Å². The van der Waals surface area contributed by atoms with Gasteiger partial charge in [0.2, 0.25) is 0 Å². The van der Waals surface area contributed by atoms with Crippen molar-refractivity contribution in [2.24, 2.45) is 0 Å². The summed E-state index contributed by atoms with van der Waals surface area (Å²) in [7, 11) is 0. The van der Waals surface area contributed by atoms with Crippen LogP contribution in [-0.4, -0.2) is 57.7 Å². The van der Waals surface area contributed by atoms with E-state index >= 15 is 0 Å². The Balaban J connectivity index is 1.75. The average Bonchev–Trinajstić information content (AvgIpc) is 2.72. The van der Waals surface area contributed by atoms with Gasteiger partial charge in [0.25, 0.3) is 0 Å². The SMILES string of the molecule is N#CC(OC1O[C@H](CO)[C@@H](O)[C@H](O)[C@H]1O)c1cccc(Oc2ccccc2)c1. The number of ether oxygens (including phenoxy) is 3. The minimum Gasteiger partial charge on any atom is -0.457 e. The fourth-order valence-electron chi connectivity index (χ4n) is 2.86. The first-order valence-electron chi connectivity index (χ1n) is 8.72. The normalized spacial score (nSPS) is 28.3. The molecule has 0 aliphatic carbocycles. The first-order valence-corrected chi connectivity index (χ1v) is 8.72. The number of benzene rings is 2. The zero-order valence-electron chi connectivity index (χ0n) is 14.8. The second kappa shape index (κ2) is 9.12. The molecule has 0 bridgehead atoms. The molecule has 1 heterocycles. The zero-order valence-corrected chi connectivity index (χ0v) is 14.8. The zero-order chi connectivity index (χ0) is 20.1. The molecule has 8 nitrogen and oxygen atoms in total. The van der Waals surface area contributed by atoms with E-state index in [0.29, 0.717) is 17.1 Å². The van der Waals surface area contributed by atoms with Gasteiger partial charge in [-0.3, -0.25) is 0 Å². The number of nitriles is 1. The van der Waals surface area contributed by atoms with Crippen LogP contribution < -0.4 is 4.74 Å². The molecule has 8 heteroatoms. The summed E-state index contributed by atoms with van der Waals surface area (Å²) in [5, 5.41) is 48.5. The van der Waals surface area contributed by atoms with Crippen LogP contribution in [0.2, 0.25) is 0 Å². The Bertz CT molecular complexity index is 808. The number of rotatable bonds is 6. The maximum absolute atomic E-state index is 10.1. The van der Waals surface area contributed by atoms with Crippen LogP contribution in [0.3, 0.4) is 0 Å². The maximum Gasteiger partial charge on any atom is 0.188 e. The van der Waals surface area contributed by atoms with E-state index < -0.39 is 43.4 Å². The van der Waals surface area contributed by atoms with Gasteiger partial charge in [-0.15, -0.1) is 0 Å². The Morgan fingerprint density at radius 2 is 1.68 bits per heavy atom. The summed E-state index contributed by atoms with van der Waals surface area (Å²) in [4.78, 5) is 0. The molecular formula is C20H21NO7. The van der Waals surface area contributed by atoms with Gasteiger partial charge in [-0.1, -0.05) is 30.3 Å². The molecule has 1 aliphatic heterocycles. The van der Waals surface area contributed by atoms with Crippen LogP contribution in [0.25, 0.3) is 0 Å². The smallest absolute Gasteiger partial charge is 0.188 e. The third-order valence-corrected chi connectivity index (χ3v) is 4.38. The van der Waals surface area contributed by atoms with Crippen molar-refractivity contribution < 1.29 is 34.6 Å². The molecule has 148 valence electrons. The lowest BCUT2D eigenvalue weighted by molar-refractivity contribution is -0.307. The van der Waals surface area contributed by atoms with Crippen LogP contribution >= 0.6 is 0 Å². The number of para-hydroxylation sites is 1. The topological polar surface area (TPSA) is 132 Å². The Morgan fingerprint density at radius 3 is 2.36 bits per heavy atom. The van der Waals surface area contributed by atoms with E-state index in [0.717, 1.165) is 0 Å². The average molecular weight is 387 g/mol. The molecule has 1 fully saturated rings. The van der Waals surface area contributed by atoms with Gasteiger partial charge in [-0.05, 0) is 29.8 Å². The lowest BCUT2D eigenvalue weighted by Gasteiger charge is -2.40. The molecular weight excluding hydrogens is 366 g/mol. The predicted octanol–water partition coefficient (Wildman–Crippen LogP) is 0.860. The Hall–Kier alpha value is -2.51. The molecule has 0 amide bonds. The molecule has 0 radical (unpaired) electrons. The van der Waals surface area contributed by atoms with Gasteiger partial charge in [-0.25, -0.2) is 0 Å². The van der Waals surface area contributed by atoms with Crippen molar-refractivity contribution in [3.05, 3.63) is 60.2 Å². The lowest BCUT2D eigenvalue weighted by atomic mass is 9.99. The highest BCUT2D eigenvalue weighted by molar-refractivity contribution is 5.36. The summed E-state index contributed by atoms with van der Waals surface area (Å²) in [5.41, 5.74) is 0.452. The molecule has 2 aromatic carbocycles. The summed E-state index contributed by atoms with van der Waals surface area (Å²) in [6.45, 7) is -0.581. The van der Waals surface area contributed by atoms with Crippen LogP contribution in [0.1, 0.15) is 11.7 Å². The van der Waals surface area contributed by atoms with Crippen LogP contribution in [-0.2, 0) is 9.47 Å². The van der Waals surface area contributed by atoms with Gasteiger partial charge in [0, 0.05) is 0 Å². The molecule has 0 spiro atoms. The molecule has 28 heavy (non-hydrogen) atoms. The van der Waals surface area contributed by atoms with Crippen LogP contribution in [0.5, 0.6) is 11.5 Å². The fourth-order valence-corrected chi connectivity index (χ4v) is 2.86. The van der Waals surface area contributed by atoms with E-state index in [-0.39, 0.29) is 0 Å². The molecule has 4 N–H and O–H groups in total. The molecule has 1 aliphatic rings. The van der Waals surface area contributed by atoms with Crippen molar-refractivity contribution in [1.29, 1.82) is 5.26 Å². The highest BCUT2D eigenvalue weighted by Crippen LogP contribution is 2.30. The summed E-state index contributed by atoms with van der Waals surface area (Å²) < 4.78 is 16.6. The van der Waals surface area contributed by atoms with Crippen LogP contribution in [0.15, 0.2) is 54.6 Å². The van der Waals surface area contributed by atoms with E-state index in [9.17, 15) is 25.7 Å². The van der Waals surface area contributed by atoms with Crippen molar-refractivity contribution >= 4 is 0 Å². The van der Waals surface area contributed by atoms with Gasteiger partial charge >= 0.3 is 0 Å². The highest BCUT2D eigenvalue weighted by Gasteiger charge is 2.45. The standard InChI is InChI=1S/C20H21NO7/c21-10-15(27-20-19(25)18(24)17(23)16(11-22)28-20)12-5-4-8-14(9-12)26-13-6-2-1-3-7-13/h1-9,15-20,22-25H,11H2/t15?,16-,17-,18+,19-,20?/m1/s1. The maximum atomic E-state index is 10.1. The van der Waals surface area contributed by atoms with Gasteiger partial charge in [-0.2, -0.15) is 5.26 Å². The molecule has 6 atom stereocenters. The molecule has 2 aromatic rings.